The van der Waals surface area contributed by atoms with Crippen molar-refractivity contribution in [3.63, 3.8) is 0 Å². The summed E-state index contributed by atoms with van der Waals surface area (Å²) in [4.78, 5) is 18.2. The minimum atomic E-state index is -0.260. The van der Waals surface area contributed by atoms with Gasteiger partial charge in [0.1, 0.15) is 10.5 Å². The number of carbonyl (C=O) groups is 1. The van der Waals surface area contributed by atoms with E-state index in [4.69, 9.17) is 12.2 Å². The zero-order valence-corrected chi connectivity index (χ0v) is 24.0. The number of piperazine rings is 1. The molecule has 0 spiro atoms. The van der Waals surface area contributed by atoms with Crippen molar-refractivity contribution in [3.05, 3.63) is 119 Å². The van der Waals surface area contributed by atoms with E-state index in [0.29, 0.717) is 28.7 Å². The summed E-state index contributed by atoms with van der Waals surface area (Å²) < 4.78 is 17.2. The van der Waals surface area contributed by atoms with Gasteiger partial charge in [-0.1, -0.05) is 85.0 Å². The van der Waals surface area contributed by atoms with Crippen LogP contribution in [0, 0.1) is 10.5 Å². The van der Waals surface area contributed by atoms with Gasteiger partial charge in [-0.2, -0.15) is 0 Å². The Hall–Kier alpha value is -3.87. The van der Waals surface area contributed by atoms with E-state index in [-0.39, 0.29) is 11.6 Å². The molecule has 0 radical (unpaired) electrons. The smallest absolute Gasteiger partial charge is 0.162 e. The molecule has 0 atom stereocenters. The first kappa shape index (κ1) is 27.3. The monoisotopic (exact) mass is 563 g/mol. The Kier molecular flexibility index (Phi) is 8.21. The second-order valence-electron chi connectivity index (χ2n) is 10.8. The molecule has 41 heavy (non-hydrogen) atoms. The van der Waals surface area contributed by atoms with Gasteiger partial charge in [0.05, 0.1) is 12.1 Å². The van der Waals surface area contributed by atoms with Crippen LogP contribution in [0.2, 0.25) is 0 Å². The second-order valence-corrected chi connectivity index (χ2v) is 11.2. The minimum absolute atomic E-state index is 0.136. The van der Waals surface area contributed by atoms with Crippen molar-refractivity contribution >= 4 is 45.4 Å². The largest absolute Gasteiger partial charge is 0.369 e. The molecule has 0 bridgehead atoms. The maximum absolute atomic E-state index is 14.6. The van der Waals surface area contributed by atoms with Crippen LogP contribution in [-0.2, 0) is 6.54 Å². The Morgan fingerprint density at radius 3 is 2.24 bits per heavy atom. The third-order valence-electron chi connectivity index (χ3n) is 8.21. The molecule has 0 amide bonds. The highest BCUT2D eigenvalue weighted by atomic mass is 32.1. The molecule has 1 aliphatic rings. The predicted molar refractivity (Wildman–Crippen MR) is 169 cm³/mol. The zero-order valence-electron chi connectivity index (χ0n) is 23.1. The van der Waals surface area contributed by atoms with Gasteiger partial charge >= 0.3 is 0 Å². The fourth-order valence-electron chi connectivity index (χ4n) is 5.90. The van der Waals surface area contributed by atoms with E-state index >= 15 is 0 Å². The standard InChI is InChI=1S/C35H34FN3OS/c36-32-15-7-4-10-27(32)25-39-33-24-26(17-18-30(33)29-13-5-6-14-31(29)35(39)41)34(40)16-8-9-19-37-20-22-38(23-21-37)28-11-2-1-3-12-28/h1-7,10-15,17-18,24H,8-9,16,19-23,25H2. The van der Waals surface area contributed by atoms with Crippen LogP contribution in [0.25, 0.3) is 21.7 Å². The number of pyridine rings is 1. The van der Waals surface area contributed by atoms with Crippen LogP contribution in [-0.4, -0.2) is 48.0 Å². The van der Waals surface area contributed by atoms with Crippen LogP contribution in [0.5, 0.6) is 0 Å². The molecule has 4 nitrogen and oxygen atoms in total. The number of hydrogen-bond donors (Lipinski definition) is 0. The Morgan fingerprint density at radius 1 is 0.756 bits per heavy atom. The van der Waals surface area contributed by atoms with Crippen molar-refractivity contribution in [2.45, 2.75) is 25.8 Å². The molecule has 6 heteroatoms. The first-order valence-corrected chi connectivity index (χ1v) is 14.8. The lowest BCUT2D eigenvalue weighted by Gasteiger charge is -2.36. The summed E-state index contributed by atoms with van der Waals surface area (Å²) in [5.41, 5.74) is 3.40. The Labute approximate surface area is 245 Å². The minimum Gasteiger partial charge on any atom is -0.369 e. The summed E-state index contributed by atoms with van der Waals surface area (Å²) in [7, 11) is 0. The molecule has 0 aliphatic carbocycles. The van der Waals surface area contributed by atoms with E-state index in [0.717, 1.165) is 67.2 Å². The van der Waals surface area contributed by atoms with Crippen molar-refractivity contribution in [1.29, 1.82) is 0 Å². The van der Waals surface area contributed by atoms with Crippen molar-refractivity contribution in [2.75, 3.05) is 37.6 Å². The van der Waals surface area contributed by atoms with Gasteiger partial charge < -0.3 is 9.47 Å². The molecular formula is C35H34FN3OS. The van der Waals surface area contributed by atoms with Crippen molar-refractivity contribution in [3.8, 4) is 0 Å². The highest BCUT2D eigenvalue weighted by Gasteiger charge is 2.17. The molecule has 4 aromatic carbocycles. The fourth-order valence-corrected chi connectivity index (χ4v) is 6.24. The molecule has 1 aliphatic heterocycles. The van der Waals surface area contributed by atoms with Crippen LogP contribution in [0.4, 0.5) is 10.1 Å². The average Bonchev–Trinajstić information content (AvgIpc) is 3.02. The number of ketones is 1. The van der Waals surface area contributed by atoms with E-state index in [2.05, 4.69) is 46.2 Å². The lowest BCUT2D eigenvalue weighted by Crippen LogP contribution is -2.46. The summed E-state index contributed by atoms with van der Waals surface area (Å²) in [5.74, 6) is -0.123. The number of para-hydroxylation sites is 1. The van der Waals surface area contributed by atoms with E-state index in [1.54, 1.807) is 12.1 Å². The van der Waals surface area contributed by atoms with Crippen LogP contribution in [0.1, 0.15) is 35.2 Å². The summed E-state index contributed by atoms with van der Waals surface area (Å²) in [5, 5.41) is 3.01. The van der Waals surface area contributed by atoms with Gasteiger partial charge in [0, 0.05) is 60.2 Å². The number of anilines is 1. The van der Waals surface area contributed by atoms with Gasteiger partial charge in [-0.3, -0.25) is 9.69 Å². The van der Waals surface area contributed by atoms with Gasteiger partial charge in [-0.25, -0.2) is 4.39 Å². The SMILES string of the molecule is O=C(CCCCN1CCN(c2ccccc2)CC1)c1ccc2c3ccccc3c(=S)n(Cc3ccccc3F)c2c1. The van der Waals surface area contributed by atoms with E-state index in [9.17, 15) is 9.18 Å². The normalized spacial score (nSPS) is 14.1. The second kappa shape index (κ2) is 12.3. The van der Waals surface area contributed by atoms with E-state index in [1.807, 2.05) is 47.0 Å². The number of hydrogen-bond acceptors (Lipinski definition) is 4. The zero-order chi connectivity index (χ0) is 28.2. The molecule has 0 N–H and O–H groups in total. The Morgan fingerprint density at radius 2 is 1.46 bits per heavy atom. The molecule has 0 saturated carbocycles. The first-order chi connectivity index (χ1) is 20.1. The van der Waals surface area contributed by atoms with Gasteiger partial charge in [0.15, 0.2) is 5.78 Å². The summed E-state index contributed by atoms with van der Waals surface area (Å²) in [6, 6.07) is 31.3. The summed E-state index contributed by atoms with van der Waals surface area (Å²) in [6.45, 7) is 5.49. The highest BCUT2D eigenvalue weighted by Crippen LogP contribution is 2.29. The topological polar surface area (TPSA) is 28.5 Å². The first-order valence-electron chi connectivity index (χ1n) is 14.4. The van der Waals surface area contributed by atoms with Gasteiger partial charge in [0.25, 0.3) is 0 Å². The van der Waals surface area contributed by atoms with E-state index in [1.165, 1.54) is 11.8 Å². The van der Waals surface area contributed by atoms with Crippen molar-refractivity contribution in [2.24, 2.45) is 0 Å². The maximum atomic E-state index is 14.6. The number of nitrogens with zero attached hydrogens (tertiary/aromatic N) is 3. The van der Waals surface area contributed by atoms with Crippen LogP contribution in [0.15, 0.2) is 97.1 Å². The number of benzene rings is 4. The van der Waals surface area contributed by atoms with Crippen molar-refractivity contribution in [1.82, 2.24) is 9.47 Å². The average molecular weight is 564 g/mol. The molecule has 1 aromatic heterocycles. The molecular weight excluding hydrogens is 529 g/mol. The van der Waals surface area contributed by atoms with Crippen LogP contribution >= 0.6 is 12.2 Å². The number of rotatable bonds is 9. The summed E-state index contributed by atoms with van der Waals surface area (Å²) in [6.07, 6.45) is 2.37. The summed E-state index contributed by atoms with van der Waals surface area (Å²) >= 11 is 5.90. The number of unbranched alkanes of at least 4 members (excludes halogenated alkanes) is 1. The molecule has 1 saturated heterocycles. The lowest BCUT2D eigenvalue weighted by atomic mass is 10.00. The lowest BCUT2D eigenvalue weighted by molar-refractivity contribution is 0.0978. The third-order valence-corrected chi connectivity index (χ3v) is 8.65. The maximum Gasteiger partial charge on any atom is 0.162 e. The van der Waals surface area contributed by atoms with Gasteiger partial charge in [0.2, 0.25) is 0 Å². The van der Waals surface area contributed by atoms with E-state index < -0.39 is 0 Å². The van der Waals surface area contributed by atoms with Gasteiger partial charge in [-0.15, -0.1) is 0 Å². The van der Waals surface area contributed by atoms with Crippen LogP contribution < -0.4 is 4.90 Å². The predicted octanol–water partition coefficient (Wildman–Crippen LogP) is 7.89. The third kappa shape index (κ3) is 5.95. The number of aromatic nitrogens is 1. The fraction of sp³-hybridized carbons (Fsp3) is 0.257. The Balaban J connectivity index is 1.14. The Bertz CT molecular complexity index is 1740. The highest BCUT2D eigenvalue weighted by molar-refractivity contribution is 7.71. The molecule has 6 rings (SSSR count). The number of Topliss-reactive ketones (excluding diaryl/α,β-unsaturated/α-hetero) is 1. The molecule has 1 fully saturated rings. The molecule has 5 aromatic rings. The molecule has 208 valence electrons. The van der Waals surface area contributed by atoms with Crippen LogP contribution in [0.3, 0.4) is 0 Å². The molecule has 2 heterocycles. The molecule has 0 unspecified atom stereocenters. The quantitative estimate of drug-likeness (QED) is 0.0789. The number of halogens is 1. The number of fused-ring (bicyclic) bond motifs is 3. The van der Waals surface area contributed by atoms with Gasteiger partial charge in [-0.05, 0) is 49.0 Å². The van der Waals surface area contributed by atoms with Crippen molar-refractivity contribution < 1.29 is 9.18 Å². The number of carbonyl (C=O) groups excluding carboxylic acids is 1.